The first kappa shape index (κ1) is 15.1. The van der Waals surface area contributed by atoms with Gasteiger partial charge in [-0.15, -0.1) is 0 Å². The van der Waals surface area contributed by atoms with Crippen molar-refractivity contribution in [2.45, 2.75) is 64.3 Å². The third kappa shape index (κ3) is 3.07. The summed E-state index contributed by atoms with van der Waals surface area (Å²) in [7, 11) is 0. The fourth-order valence-electron chi connectivity index (χ4n) is 3.65. The number of aliphatic carboxylic acids is 1. The smallest absolute Gasteiger partial charge is 0.317 e. The summed E-state index contributed by atoms with van der Waals surface area (Å²) in [6.07, 6.45) is 7.78. The Morgan fingerprint density at radius 3 is 2.30 bits per heavy atom. The van der Waals surface area contributed by atoms with Gasteiger partial charge >= 0.3 is 12.0 Å². The van der Waals surface area contributed by atoms with Gasteiger partial charge in [-0.25, -0.2) is 4.79 Å². The number of nitrogens with one attached hydrogen (secondary N) is 1. The molecule has 20 heavy (non-hydrogen) atoms. The normalized spacial score (nSPS) is 21.9. The number of hydrogen-bond acceptors (Lipinski definition) is 2. The van der Waals surface area contributed by atoms with Crippen LogP contribution in [0.3, 0.4) is 0 Å². The third-order valence-electron chi connectivity index (χ3n) is 4.96. The number of carboxylic acid groups (broad SMARTS) is 1. The monoisotopic (exact) mass is 282 g/mol. The molecular formula is C15H26N2O3. The highest BCUT2D eigenvalue weighted by Crippen LogP contribution is 2.37. The molecule has 0 aromatic rings. The molecule has 5 heteroatoms. The second-order valence-electron chi connectivity index (χ2n) is 6.18. The van der Waals surface area contributed by atoms with Gasteiger partial charge in [0.2, 0.25) is 0 Å². The first-order chi connectivity index (χ1) is 9.59. The maximum absolute atomic E-state index is 12.3. The van der Waals surface area contributed by atoms with E-state index in [0.29, 0.717) is 25.4 Å². The molecule has 2 saturated carbocycles. The van der Waals surface area contributed by atoms with E-state index < -0.39 is 11.4 Å². The van der Waals surface area contributed by atoms with Crippen molar-refractivity contribution in [1.82, 2.24) is 10.2 Å². The van der Waals surface area contributed by atoms with Crippen LogP contribution in [0, 0.1) is 5.41 Å². The lowest BCUT2D eigenvalue weighted by atomic mass is 9.86. The number of carbonyl (C=O) groups is 2. The van der Waals surface area contributed by atoms with Gasteiger partial charge in [0.15, 0.2) is 0 Å². The molecule has 0 aromatic carbocycles. The van der Waals surface area contributed by atoms with Crippen LogP contribution in [0.1, 0.15) is 58.3 Å². The second kappa shape index (κ2) is 6.46. The van der Waals surface area contributed by atoms with Gasteiger partial charge in [-0.3, -0.25) is 4.79 Å². The van der Waals surface area contributed by atoms with E-state index in [4.69, 9.17) is 0 Å². The molecule has 0 atom stereocenters. The van der Waals surface area contributed by atoms with Gasteiger partial charge in [-0.2, -0.15) is 0 Å². The number of nitrogens with zero attached hydrogens (tertiary/aromatic N) is 1. The number of carboxylic acids is 1. The molecule has 0 heterocycles. The number of amides is 2. The van der Waals surface area contributed by atoms with Gasteiger partial charge in [-0.05, 0) is 32.6 Å². The molecule has 0 aromatic heterocycles. The Balaban J connectivity index is 1.91. The van der Waals surface area contributed by atoms with Gasteiger partial charge < -0.3 is 15.3 Å². The number of rotatable bonds is 5. The minimum Gasteiger partial charge on any atom is -0.481 e. The largest absolute Gasteiger partial charge is 0.481 e. The van der Waals surface area contributed by atoms with E-state index >= 15 is 0 Å². The van der Waals surface area contributed by atoms with Crippen molar-refractivity contribution >= 4 is 12.0 Å². The Bertz CT molecular complexity index is 358. The van der Waals surface area contributed by atoms with Crippen LogP contribution in [0.4, 0.5) is 4.79 Å². The standard InChI is InChI=1S/C15H26N2O3/c1-2-17(12-7-3-4-8-12)14(20)16-11-15(13(18)19)9-5-6-10-15/h12H,2-11H2,1H3,(H,16,20)(H,18,19). The molecule has 2 rings (SSSR count). The van der Waals surface area contributed by atoms with Crippen molar-refractivity contribution < 1.29 is 14.7 Å². The van der Waals surface area contributed by atoms with Crippen LogP contribution in [0.5, 0.6) is 0 Å². The number of urea groups is 1. The summed E-state index contributed by atoms with van der Waals surface area (Å²) in [6.45, 7) is 2.95. The molecule has 2 amide bonds. The topological polar surface area (TPSA) is 69.6 Å². The minimum absolute atomic E-state index is 0.0908. The maximum Gasteiger partial charge on any atom is 0.317 e. The predicted octanol–water partition coefficient (Wildman–Crippen LogP) is 2.61. The van der Waals surface area contributed by atoms with E-state index in [1.165, 1.54) is 12.8 Å². The molecule has 5 nitrogen and oxygen atoms in total. The third-order valence-corrected chi connectivity index (χ3v) is 4.96. The Morgan fingerprint density at radius 1 is 1.20 bits per heavy atom. The molecule has 0 saturated heterocycles. The van der Waals surface area contributed by atoms with Crippen LogP contribution in [-0.2, 0) is 4.79 Å². The Hall–Kier alpha value is -1.26. The zero-order chi connectivity index (χ0) is 14.6. The van der Waals surface area contributed by atoms with Crippen molar-refractivity contribution in [3.63, 3.8) is 0 Å². The van der Waals surface area contributed by atoms with E-state index in [2.05, 4.69) is 5.32 Å². The van der Waals surface area contributed by atoms with Gasteiger partial charge in [-0.1, -0.05) is 25.7 Å². The molecule has 0 spiro atoms. The van der Waals surface area contributed by atoms with Crippen LogP contribution in [0.25, 0.3) is 0 Å². The summed E-state index contributed by atoms with van der Waals surface area (Å²) in [5.41, 5.74) is -0.731. The lowest BCUT2D eigenvalue weighted by Crippen LogP contribution is -2.49. The maximum atomic E-state index is 12.3. The van der Waals surface area contributed by atoms with Gasteiger partial charge in [0.05, 0.1) is 5.41 Å². The van der Waals surface area contributed by atoms with Crippen LogP contribution in [0.2, 0.25) is 0 Å². The second-order valence-corrected chi connectivity index (χ2v) is 6.18. The molecule has 0 bridgehead atoms. The fourth-order valence-corrected chi connectivity index (χ4v) is 3.65. The van der Waals surface area contributed by atoms with E-state index in [1.807, 2.05) is 11.8 Å². The molecule has 0 unspecified atom stereocenters. The molecule has 2 fully saturated rings. The summed E-state index contributed by atoms with van der Waals surface area (Å²) in [5.74, 6) is -0.765. The van der Waals surface area contributed by atoms with Crippen LogP contribution in [-0.4, -0.2) is 41.1 Å². The van der Waals surface area contributed by atoms with Crippen molar-refractivity contribution in [2.75, 3.05) is 13.1 Å². The van der Waals surface area contributed by atoms with E-state index in [1.54, 1.807) is 0 Å². The zero-order valence-electron chi connectivity index (χ0n) is 12.4. The fraction of sp³-hybridized carbons (Fsp3) is 0.867. The van der Waals surface area contributed by atoms with E-state index in [0.717, 1.165) is 25.7 Å². The Morgan fingerprint density at radius 2 is 1.80 bits per heavy atom. The summed E-state index contributed by atoms with van der Waals surface area (Å²) < 4.78 is 0. The van der Waals surface area contributed by atoms with E-state index in [-0.39, 0.29) is 12.6 Å². The van der Waals surface area contributed by atoms with Gasteiger partial charge in [0.1, 0.15) is 0 Å². The first-order valence-electron chi connectivity index (χ1n) is 7.87. The molecule has 0 aliphatic heterocycles. The highest BCUT2D eigenvalue weighted by Gasteiger charge is 2.41. The lowest BCUT2D eigenvalue weighted by molar-refractivity contribution is -0.148. The average Bonchev–Trinajstić information content (AvgIpc) is 3.09. The first-order valence-corrected chi connectivity index (χ1v) is 7.87. The average molecular weight is 282 g/mol. The SMILES string of the molecule is CCN(C(=O)NCC1(C(=O)O)CCCC1)C1CCCC1. The Labute approximate surface area is 120 Å². The summed E-state index contributed by atoms with van der Waals surface area (Å²) >= 11 is 0. The molecule has 114 valence electrons. The van der Waals surface area contributed by atoms with Crippen molar-refractivity contribution in [1.29, 1.82) is 0 Å². The van der Waals surface area contributed by atoms with Gasteiger partial charge in [0, 0.05) is 19.1 Å². The summed E-state index contributed by atoms with van der Waals surface area (Å²) in [6, 6.07) is 0.247. The number of carbonyl (C=O) groups excluding carboxylic acids is 1. The number of hydrogen-bond donors (Lipinski definition) is 2. The Kier molecular flexibility index (Phi) is 4.89. The highest BCUT2D eigenvalue weighted by atomic mass is 16.4. The van der Waals surface area contributed by atoms with Crippen molar-refractivity contribution in [2.24, 2.45) is 5.41 Å². The molecule has 2 aliphatic carbocycles. The van der Waals surface area contributed by atoms with Crippen molar-refractivity contribution in [3.05, 3.63) is 0 Å². The summed E-state index contributed by atoms with van der Waals surface area (Å²) in [5, 5.41) is 12.3. The quantitative estimate of drug-likeness (QED) is 0.814. The van der Waals surface area contributed by atoms with Crippen molar-refractivity contribution in [3.8, 4) is 0 Å². The molecular weight excluding hydrogens is 256 g/mol. The van der Waals surface area contributed by atoms with Gasteiger partial charge in [0.25, 0.3) is 0 Å². The molecule has 0 radical (unpaired) electrons. The minimum atomic E-state index is -0.765. The summed E-state index contributed by atoms with van der Waals surface area (Å²) in [4.78, 5) is 25.6. The highest BCUT2D eigenvalue weighted by molar-refractivity contribution is 5.78. The molecule has 2 N–H and O–H groups in total. The van der Waals surface area contributed by atoms with E-state index in [9.17, 15) is 14.7 Å². The van der Waals surface area contributed by atoms with Crippen LogP contribution in [0.15, 0.2) is 0 Å². The lowest BCUT2D eigenvalue weighted by Gasteiger charge is -2.30. The zero-order valence-corrected chi connectivity index (χ0v) is 12.4. The molecule has 2 aliphatic rings. The van der Waals surface area contributed by atoms with Crippen LogP contribution < -0.4 is 5.32 Å². The predicted molar refractivity (Wildman–Crippen MR) is 76.6 cm³/mol. The van der Waals surface area contributed by atoms with Crippen LogP contribution >= 0.6 is 0 Å².